The lowest BCUT2D eigenvalue weighted by molar-refractivity contribution is -0.144. The Kier molecular flexibility index (Phi) is 1.33. The van der Waals surface area contributed by atoms with Crippen LogP contribution in [0.15, 0.2) is 0 Å². The van der Waals surface area contributed by atoms with E-state index in [1.165, 1.54) is 25.7 Å². The maximum absolute atomic E-state index is 11.2. The fraction of sp³-hybridized carbons (Fsp3) is 0.889. The molecule has 56 valence electrons. The molecule has 0 aromatic heterocycles. The molecule has 0 aromatic rings. The fourth-order valence-electron chi connectivity index (χ4n) is 2.54. The summed E-state index contributed by atoms with van der Waals surface area (Å²) in [5.41, 5.74) is 0. The molecule has 1 heteroatoms. The summed E-state index contributed by atoms with van der Waals surface area (Å²) in [6.07, 6.45) is 5.16. The minimum absolute atomic E-state index is 0.408. The number of hydrogen-bond donors (Lipinski definition) is 0. The van der Waals surface area contributed by atoms with Gasteiger partial charge in [-0.3, -0.25) is 4.79 Å². The molecule has 2 aliphatic rings. The molecule has 0 amide bonds. The summed E-state index contributed by atoms with van der Waals surface area (Å²) in [5, 5.41) is 0. The molecule has 2 rings (SSSR count). The molecule has 0 N–H and O–H groups in total. The fourth-order valence-corrected chi connectivity index (χ4v) is 2.54. The van der Waals surface area contributed by atoms with Crippen LogP contribution in [0.4, 0.5) is 0 Å². The molecular formula is C9H14O. The monoisotopic (exact) mass is 138 g/mol. The van der Waals surface area contributed by atoms with Crippen molar-refractivity contribution in [3.8, 4) is 0 Å². The zero-order chi connectivity index (χ0) is 7.14. The molecule has 2 saturated carbocycles. The molecule has 2 aliphatic carbocycles. The van der Waals surface area contributed by atoms with E-state index in [1.54, 1.807) is 0 Å². The van der Waals surface area contributed by atoms with Gasteiger partial charge in [-0.1, -0.05) is 19.8 Å². The summed E-state index contributed by atoms with van der Waals surface area (Å²) in [6, 6.07) is 0. The van der Waals surface area contributed by atoms with Crippen molar-refractivity contribution in [2.45, 2.75) is 32.6 Å². The number of rotatable bonds is 0. The Labute approximate surface area is 61.8 Å². The van der Waals surface area contributed by atoms with Crippen LogP contribution in [0.25, 0.3) is 0 Å². The number of fused-ring (bicyclic) bond motifs is 1. The lowest BCUT2D eigenvalue weighted by Gasteiger charge is -2.44. The van der Waals surface area contributed by atoms with Crippen LogP contribution in [-0.4, -0.2) is 5.78 Å². The average molecular weight is 138 g/mol. The Bertz CT molecular complexity index is 162. The van der Waals surface area contributed by atoms with Gasteiger partial charge in [0, 0.05) is 11.8 Å². The highest BCUT2D eigenvalue weighted by Gasteiger charge is 2.46. The predicted octanol–water partition coefficient (Wildman–Crippen LogP) is 2.01. The highest BCUT2D eigenvalue weighted by molar-refractivity contribution is 5.89. The number of Topliss-reactive ketones (excluding diaryl/α,β-unsaturated/α-hetero) is 1. The van der Waals surface area contributed by atoms with Crippen LogP contribution in [0.3, 0.4) is 0 Å². The summed E-state index contributed by atoms with van der Waals surface area (Å²) in [6.45, 7) is 2.09. The largest absolute Gasteiger partial charge is 0.299 e. The Morgan fingerprint density at radius 1 is 1.30 bits per heavy atom. The van der Waals surface area contributed by atoms with Gasteiger partial charge in [0.25, 0.3) is 0 Å². The molecule has 0 heterocycles. The van der Waals surface area contributed by atoms with Crippen molar-refractivity contribution in [3.63, 3.8) is 0 Å². The van der Waals surface area contributed by atoms with Gasteiger partial charge in [-0.25, -0.2) is 0 Å². The highest BCUT2D eigenvalue weighted by Crippen LogP contribution is 2.45. The smallest absolute Gasteiger partial charge is 0.139 e. The summed E-state index contributed by atoms with van der Waals surface area (Å²) < 4.78 is 0. The first-order valence-corrected chi connectivity index (χ1v) is 4.34. The molecule has 0 bridgehead atoms. The zero-order valence-electron chi connectivity index (χ0n) is 6.47. The Morgan fingerprint density at radius 3 is 2.70 bits per heavy atom. The zero-order valence-corrected chi connectivity index (χ0v) is 6.47. The van der Waals surface area contributed by atoms with Gasteiger partial charge < -0.3 is 0 Å². The maximum atomic E-state index is 11.2. The molecule has 0 aromatic carbocycles. The van der Waals surface area contributed by atoms with Gasteiger partial charge in [-0.15, -0.1) is 0 Å². The van der Waals surface area contributed by atoms with Crippen molar-refractivity contribution in [2.24, 2.45) is 17.8 Å². The van der Waals surface area contributed by atoms with Crippen molar-refractivity contribution in [2.75, 3.05) is 0 Å². The summed E-state index contributed by atoms with van der Waals surface area (Å²) >= 11 is 0. The lowest BCUT2D eigenvalue weighted by atomic mass is 9.58. The van der Waals surface area contributed by atoms with Crippen LogP contribution in [0.2, 0.25) is 0 Å². The second kappa shape index (κ2) is 2.08. The molecule has 0 spiro atoms. The number of hydrogen-bond acceptors (Lipinski definition) is 1. The topological polar surface area (TPSA) is 17.1 Å². The third kappa shape index (κ3) is 0.664. The third-order valence-corrected chi connectivity index (χ3v) is 3.28. The van der Waals surface area contributed by atoms with E-state index in [-0.39, 0.29) is 0 Å². The van der Waals surface area contributed by atoms with E-state index in [4.69, 9.17) is 0 Å². The minimum Gasteiger partial charge on any atom is -0.299 e. The van der Waals surface area contributed by atoms with E-state index in [2.05, 4.69) is 6.92 Å². The minimum atomic E-state index is 0.408. The average Bonchev–Trinajstić information content (AvgIpc) is 2.03. The Balaban J connectivity index is 2.06. The molecular weight excluding hydrogens is 124 g/mol. The number of carbonyl (C=O) groups excluding carboxylic acids is 1. The number of carbonyl (C=O) groups is 1. The second-order valence-electron chi connectivity index (χ2n) is 3.75. The van der Waals surface area contributed by atoms with Gasteiger partial charge in [0.1, 0.15) is 5.78 Å². The SMILES string of the molecule is C[C@H]1C(=O)[C@@H]2CCCC[C@H]12. The van der Waals surface area contributed by atoms with Crippen molar-refractivity contribution >= 4 is 5.78 Å². The molecule has 0 aliphatic heterocycles. The van der Waals surface area contributed by atoms with Crippen LogP contribution in [0.1, 0.15) is 32.6 Å². The van der Waals surface area contributed by atoms with Gasteiger partial charge in [-0.2, -0.15) is 0 Å². The number of ketones is 1. The van der Waals surface area contributed by atoms with Gasteiger partial charge >= 0.3 is 0 Å². The molecule has 1 nitrogen and oxygen atoms in total. The van der Waals surface area contributed by atoms with Crippen LogP contribution >= 0.6 is 0 Å². The van der Waals surface area contributed by atoms with E-state index in [0.717, 1.165) is 5.92 Å². The van der Waals surface area contributed by atoms with Crippen molar-refractivity contribution in [1.29, 1.82) is 0 Å². The van der Waals surface area contributed by atoms with E-state index >= 15 is 0 Å². The van der Waals surface area contributed by atoms with Crippen LogP contribution in [0.5, 0.6) is 0 Å². The van der Waals surface area contributed by atoms with Gasteiger partial charge in [0.15, 0.2) is 0 Å². The molecule has 2 fully saturated rings. The van der Waals surface area contributed by atoms with E-state index in [0.29, 0.717) is 17.6 Å². The quantitative estimate of drug-likeness (QED) is 0.500. The van der Waals surface area contributed by atoms with Crippen LogP contribution in [-0.2, 0) is 4.79 Å². The van der Waals surface area contributed by atoms with Crippen molar-refractivity contribution in [3.05, 3.63) is 0 Å². The summed E-state index contributed by atoms with van der Waals surface area (Å²) in [4.78, 5) is 11.2. The molecule has 0 radical (unpaired) electrons. The first-order chi connectivity index (χ1) is 4.80. The first-order valence-electron chi connectivity index (χ1n) is 4.34. The van der Waals surface area contributed by atoms with Gasteiger partial charge in [0.2, 0.25) is 0 Å². The van der Waals surface area contributed by atoms with E-state index in [1.807, 2.05) is 0 Å². The van der Waals surface area contributed by atoms with Gasteiger partial charge in [0.05, 0.1) is 0 Å². The van der Waals surface area contributed by atoms with E-state index < -0.39 is 0 Å². The normalized spacial score (nSPS) is 46.1. The molecule has 0 unspecified atom stereocenters. The Hall–Kier alpha value is -0.330. The van der Waals surface area contributed by atoms with Gasteiger partial charge in [-0.05, 0) is 18.8 Å². The van der Waals surface area contributed by atoms with Crippen molar-refractivity contribution < 1.29 is 4.79 Å². The van der Waals surface area contributed by atoms with E-state index in [9.17, 15) is 4.79 Å². The highest BCUT2D eigenvalue weighted by atomic mass is 16.1. The third-order valence-electron chi connectivity index (χ3n) is 3.28. The maximum Gasteiger partial charge on any atom is 0.139 e. The lowest BCUT2D eigenvalue weighted by Crippen LogP contribution is -2.47. The molecule has 0 saturated heterocycles. The molecule has 3 atom stereocenters. The first kappa shape index (κ1) is 6.38. The van der Waals surface area contributed by atoms with Crippen molar-refractivity contribution in [1.82, 2.24) is 0 Å². The second-order valence-corrected chi connectivity index (χ2v) is 3.75. The predicted molar refractivity (Wildman–Crippen MR) is 39.6 cm³/mol. The van der Waals surface area contributed by atoms with Crippen LogP contribution < -0.4 is 0 Å². The Morgan fingerprint density at radius 2 is 2.00 bits per heavy atom. The summed E-state index contributed by atoms with van der Waals surface area (Å²) in [5.74, 6) is 2.22. The van der Waals surface area contributed by atoms with Crippen LogP contribution in [0, 0.1) is 17.8 Å². The molecule has 10 heavy (non-hydrogen) atoms. The summed E-state index contributed by atoms with van der Waals surface area (Å²) in [7, 11) is 0. The standard InChI is InChI=1S/C9H14O/c1-6-7-4-2-3-5-8(7)9(6)10/h6-8H,2-5H2,1H3/t6-,7-,8-/m1/s1.